The Morgan fingerprint density at radius 2 is 1.67 bits per heavy atom. The number of para-hydroxylation sites is 1. The third-order valence-electron chi connectivity index (χ3n) is 6.33. The average molecular weight is 448 g/mol. The number of carbonyl (C=O) groups excluding carboxylic acids is 1. The largest absolute Gasteiger partial charge is 0.329 e. The maximum absolute atomic E-state index is 13.6. The van der Waals surface area contributed by atoms with Gasteiger partial charge in [0.1, 0.15) is 5.82 Å². The molecule has 0 saturated heterocycles. The molecule has 1 unspecified atom stereocenters. The standard InChI is InChI=1S/C28H37N3O2/c1-5-8-12-20-31(27(32)23-18-16-22(17-19-23)13-9-6-2)21(4)26-29-25-15-11-10-14-24(25)28(33)30(26)7-3/h10-11,14-19,21H,5-9,12-13,20H2,1-4H3. The van der Waals surface area contributed by atoms with Gasteiger partial charge in [0.15, 0.2) is 0 Å². The number of aromatic nitrogens is 2. The highest BCUT2D eigenvalue weighted by Crippen LogP contribution is 2.23. The third-order valence-corrected chi connectivity index (χ3v) is 6.33. The summed E-state index contributed by atoms with van der Waals surface area (Å²) in [6, 6.07) is 15.1. The van der Waals surface area contributed by atoms with Crippen LogP contribution >= 0.6 is 0 Å². The molecule has 0 aliphatic carbocycles. The number of benzene rings is 2. The van der Waals surface area contributed by atoms with Crippen LogP contribution < -0.4 is 5.56 Å². The van der Waals surface area contributed by atoms with Crippen molar-refractivity contribution in [3.8, 4) is 0 Å². The lowest BCUT2D eigenvalue weighted by atomic mass is 10.0. The molecule has 0 aliphatic heterocycles. The summed E-state index contributed by atoms with van der Waals surface area (Å²) in [5, 5.41) is 0.613. The molecule has 0 aliphatic rings. The summed E-state index contributed by atoms with van der Waals surface area (Å²) in [6.45, 7) is 9.43. The smallest absolute Gasteiger partial charge is 0.261 e. The zero-order chi connectivity index (χ0) is 23.8. The van der Waals surface area contributed by atoms with Crippen LogP contribution in [0.15, 0.2) is 53.3 Å². The Balaban J connectivity index is 1.98. The van der Waals surface area contributed by atoms with Crippen LogP contribution in [0.1, 0.15) is 87.6 Å². The number of amides is 1. The molecule has 1 aromatic heterocycles. The van der Waals surface area contributed by atoms with Crippen molar-refractivity contribution in [2.45, 2.75) is 78.8 Å². The van der Waals surface area contributed by atoms with E-state index in [2.05, 4.69) is 26.0 Å². The summed E-state index contributed by atoms with van der Waals surface area (Å²) >= 11 is 0. The second-order valence-electron chi connectivity index (χ2n) is 8.72. The number of carbonyl (C=O) groups is 1. The first-order chi connectivity index (χ1) is 16.0. The molecule has 0 bridgehead atoms. The van der Waals surface area contributed by atoms with Crippen LogP contribution in [0.2, 0.25) is 0 Å². The van der Waals surface area contributed by atoms with Gasteiger partial charge in [0, 0.05) is 18.7 Å². The zero-order valence-electron chi connectivity index (χ0n) is 20.5. The van der Waals surface area contributed by atoms with Crippen LogP contribution in [-0.2, 0) is 13.0 Å². The molecular formula is C28H37N3O2. The van der Waals surface area contributed by atoms with E-state index in [1.54, 1.807) is 4.57 Å². The predicted molar refractivity (Wildman–Crippen MR) is 136 cm³/mol. The molecule has 1 atom stereocenters. The van der Waals surface area contributed by atoms with Gasteiger partial charge in [0.2, 0.25) is 0 Å². The van der Waals surface area contributed by atoms with Gasteiger partial charge in [-0.3, -0.25) is 14.2 Å². The Kier molecular flexibility index (Phi) is 8.81. The molecule has 3 rings (SSSR count). The third kappa shape index (κ3) is 5.70. The number of fused-ring (bicyclic) bond motifs is 1. The molecular weight excluding hydrogens is 410 g/mol. The van der Waals surface area contributed by atoms with E-state index in [-0.39, 0.29) is 17.5 Å². The van der Waals surface area contributed by atoms with Crippen molar-refractivity contribution in [2.75, 3.05) is 6.54 Å². The van der Waals surface area contributed by atoms with Gasteiger partial charge in [0.05, 0.1) is 16.9 Å². The zero-order valence-corrected chi connectivity index (χ0v) is 20.5. The Morgan fingerprint density at radius 3 is 2.33 bits per heavy atom. The Hall–Kier alpha value is -2.95. The fraction of sp³-hybridized carbons (Fsp3) is 0.464. The summed E-state index contributed by atoms with van der Waals surface area (Å²) in [4.78, 5) is 33.5. The number of hydrogen-bond donors (Lipinski definition) is 0. The molecule has 5 heteroatoms. The summed E-state index contributed by atoms with van der Waals surface area (Å²) in [5.74, 6) is 0.635. The molecule has 0 fully saturated rings. The van der Waals surface area contributed by atoms with E-state index in [0.29, 0.717) is 35.4 Å². The number of rotatable bonds is 11. The van der Waals surface area contributed by atoms with Gasteiger partial charge in [-0.25, -0.2) is 4.98 Å². The molecule has 0 radical (unpaired) electrons. The van der Waals surface area contributed by atoms with Crippen molar-refractivity contribution in [1.82, 2.24) is 14.5 Å². The van der Waals surface area contributed by atoms with Crippen LogP contribution in [0.4, 0.5) is 0 Å². The molecule has 0 spiro atoms. The number of nitrogens with zero attached hydrogens (tertiary/aromatic N) is 3. The summed E-state index contributed by atoms with van der Waals surface area (Å²) in [5.41, 5.74) is 2.57. The van der Waals surface area contributed by atoms with E-state index in [1.807, 2.05) is 55.1 Å². The van der Waals surface area contributed by atoms with Gasteiger partial charge in [-0.15, -0.1) is 0 Å². The van der Waals surface area contributed by atoms with Crippen molar-refractivity contribution < 1.29 is 4.79 Å². The second-order valence-corrected chi connectivity index (χ2v) is 8.72. The highest BCUT2D eigenvalue weighted by atomic mass is 16.2. The first-order valence-corrected chi connectivity index (χ1v) is 12.4. The van der Waals surface area contributed by atoms with Crippen LogP contribution in [0.25, 0.3) is 10.9 Å². The minimum Gasteiger partial charge on any atom is -0.329 e. The lowest BCUT2D eigenvalue weighted by Crippen LogP contribution is -2.38. The van der Waals surface area contributed by atoms with E-state index in [1.165, 1.54) is 5.56 Å². The maximum atomic E-state index is 13.6. The fourth-order valence-corrected chi connectivity index (χ4v) is 4.31. The van der Waals surface area contributed by atoms with Gasteiger partial charge in [-0.1, -0.05) is 57.4 Å². The molecule has 1 heterocycles. The van der Waals surface area contributed by atoms with E-state index in [0.717, 1.165) is 38.5 Å². The van der Waals surface area contributed by atoms with E-state index in [4.69, 9.17) is 4.98 Å². The molecule has 3 aromatic rings. The van der Waals surface area contributed by atoms with Gasteiger partial charge >= 0.3 is 0 Å². The van der Waals surface area contributed by atoms with Gasteiger partial charge in [-0.05, 0) is 62.9 Å². The molecule has 2 aromatic carbocycles. The van der Waals surface area contributed by atoms with E-state index >= 15 is 0 Å². The highest BCUT2D eigenvalue weighted by molar-refractivity contribution is 5.94. The number of hydrogen-bond acceptors (Lipinski definition) is 3. The molecule has 0 N–H and O–H groups in total. The average Bonchev–Trinajstić information content (AvgIpc) is 2.85. The van der Waals surface area contributed by atoms with Crippen molar-refractivity contribution >= 4 is 16.8 Å². The van der Waals surface area contributed by atoms with Crippen LogP contribution in [0.3, 0.4) is 0 Å². The van der Waals surface area contributed by atoms with Crippen LogP contribution in [-0.4, -0.2) is 26.9 Å². The molecule has 176 valence electrons. The van der Waals surface area contributed by atoms with Crippen LogP contribution in [0.5, 0.6) is 0 Å². The Morgan fingerprint density at radius 1 is 0.970 bits per heavy atom. The lowest BCUT2D eigenvalue weighted by Gasteiger charge is -2.30. The van der Waals surface area contributed by atoms with Gasteiger partial charge < -0.3 is 4.90 Å². The van der Waals surface area contributed by atoms with Crippen molar-refractivity contribution in [2.24, 2.45) is 0 Å². The molecule has 1 amide bonds. The van der Waals surface area contributed by atoms with Crippen molar-refractivity contribution in [3.63, 3.8) is 0 Å². The minimum absolute atomic E-state index is 0.00861. The molecule has 33 heavy (non-hydrogen) atoms. The van der Waals surface area contributed by atoms with Crippen LogP contribution in [0, 0.1) is 0 Å². The summed E-state index contributed by atoms with van der Waals surface area (Å²) in [6.07, 6.45) is 6.39. The van der Waals surface area contributed by atoms with Crippen molar-refractivity contribution in [1.29, 1.82) is 0 Å². The molecule has 0 saturated carbocycles. The van der Waals surface area contributed by atoms with Crippen molar-refractivity contribution in [3.05, 3.63) is 75.8 Å². The Bertz CT molecular complexity index is 1120. The van der Waals surface area contributed by atoms with E-state index < -0.39 is 0 Å². The normalized spacial score (nSPS) is 12.1. The quantitative estimate of drug-likeness (QED) is 0.331. The number of unbranched alkanes of at least 4 members (excludes halogenated alkanes) is 3. The van der Waals surface area contributed by atoms with Gasteiger partial charge in [-0.2, -0.15) is 0 Å². The fourth-order valence-electron chi connectivity index (χ4n) is 4.31. The SMILES string of the molecule is CCCCCN(C(=O)c1ccc(CCCC)cc1)C(C)c1nc2ccccc2c(=O)n1CC. The Labute approximate surface area is 197 Å². The highest BCUT2D eigenvalue weighted by Gasteiger charge is 2.26. The topological polar surface area (TPSA) is 55.2 Å². The number of aryl methyl sites for hydroxylation is 1. The predicted octanol–water partition coefficient (Wildman–Crippen LogP) is 6.15. The first kappa shape index (κ1) is 24.7. The summed E-state index contributed by atoms with van der Waals surface area (Å²) in [7, 11) is 0. The minimum atomic E-state index is -0.314. The van der Waals surface area contributed by atoms with E-state index in [9.17, 15) is 9.59 Å². The monoisotopic (exact) mass is 447 g/mol. The van der Waals surface area contributed by atoms with Gasteiger partial charge in [0.25, 0.3) is 11.5 Å². The second kappa shape index (κ2) is 11.8. The maximum Gasteiger partial charge on any atom is 0.261 e. The molecule has 5 nitrogen and oxygen atoms in total. The first-order valence-electron chi connectivity index (χ1n) is 12.4. The lowest BCUT2D eigenvalue weighted by molar-refractivity contribution is 0.0675. The summed E-state index contributed by atoms with van der Waals surface area (Å²) < 4.78 is 1.71.